The molecule has 0 aliphatic rings. The highest BCUT2D eigenvalue weighted by Crippen LogP contribution is 2.32. The van der Waals surface area contributed by atoms with E-state index in [0.29, 0.717) is 17.2 Å². The summed E-state index contributed by atoms with van der Waals surface area (Å²) in [6.45, 7) is 7.91. The van der Waals surface area contributed by atoms with Gasteiger partial charge in [0.1, 0.15) is 11.7 Å². The van der Waals surface area contributed by atoms with Gasteiger partial charge in [0, 0.05) is 34.8 Å². The zero-order valence-electron chi connectivity index (χ0n) is 21.5. The molecule has 3 aromatic rings. The molecular weight excluding hydrogens is 507 g/mol. The van der Waals surface area contributed by atoms with Crippen LogP contribution in [0.15, 0.2) is 59.2 Å². The molecule has 0 fully saturated rings. The number of aromatic nitrogens is 1. The number of amidine groups is 1. The lowest BCUT2D eigenvalue weighted by Gasteiger charge is -2.19. The van der Waals surface area contributed by atoms with Gasteiger partial charge in [-0.3, -0.25) is 19.7 Å². The van der Waals surface area contributed by atoms with E-state index in [1.165, 1.54) is 42.7 Å². The number of thiazole rings is 1. The van der Waals surface area contributed by atoms with Crippen LogP contribution in [0.25, 0.3) is 11.1 Å². The molecule has 0 aliphatic carbocycles. The molecule has 2 aromatic carbocycles. The van der Waals surface area contributed by atoms with Crippen LogP contribution in [0.4, 0.5) is 9.52 Å². The predicted molar refractivity (Wildman–Crippen MR) is 148 cm³/mol. The molecule has 3 rings (SSSR count). The number of aliphatic imine (C=N–C) groups is 1. The summed E-state index contributed by atoms with van der Waals surface area (Å²) in [5, 5.41) is 7.61. The molecule has 0 saturated carbocycles. The zero-order valence-corrected chi connectivity index (χ0v) is 22.3. The summed E-state index contributed by atoms with van der Waals surface area (Å²) in [7, 11) is 0. The molecule has 0 saturated heterocycles. The SMILES string of the molecule is Cc1c(F)cc(C(=O)N=C(N)/C=C\N)cc1-c1ccc(C(=O)NCC(C)(C)C)cc1C(=O)Nc1nccs1. The second-order valence-electron chi connectivity index (χ2n) is 9.63. The average Bonchev–Trinajstić information content (AvgIpc) is 3.36. The molecule has 198 valence electrons. The van der Waals surface area contributed by atoms with Crippen LogP contribution < -0.4 is 22.1 Å². The number of amides is 3. The number of carbonyl (C=O) groups excluding carboxylic acids is 3. The predicted octanol–water partition coefficient (Wildman–Crippen LogP) is 4.26. The van der Waals surface area contributed by atoms with Crippen molar-refractivity contribution in [3.8, 4) is 11.1 Å². The number of halogens is 1. The van der Waals surface area contributed by atoms with Gasteiger partial charge in [0.15, 0.2) is 5.13 Å². The lowest BCUT2D eigenvalue weighted by Crippen LogP contribution is -2.32. The number of nitrogens with two attached hydrogens (primary N) is 2. The van der Waals surface area contributed by atoms with Gasteiger partial charge in [0.25, 0.3) is 17.7 Å². The van der Waals surface area contributed by atoms with Crippen molar-refractivity contribution < 1.29 is 18.8 Å². The second kappa shape index (κ2) is 11.8. The minimum atomic E-state index is -0.785. The molecule has 38 heavy (non-hydrogen) atoms. The van der Waals surface area contributed by atoms with E-state index < -0.39 is 17.6 Å². The Hall–Kier alpha value is -4.38. The summed E-state index contributed by atoms with van der Waals surface area (Å²) >= 11 is 1.22. The number of nitrogens with one attached hydrogen (secondary N) is 2. The average molecular weight is 537 g/mol. The van der Waals surface area contributed by atoms with Gasteiger partial charge in [-0.15, -0.1) is 11.3 Å². The van der Waals surface area contributed by atoms with Crippen molar-refractivity contribution >= 4 is 40.0 Å². The maximum Gasteiger partial charge on any atom is 0.279 e. The van der Waals surface area contributed by atoms with Crippen molar-refractivity contribution in [1.82, 2.24) is 10.3 Å². The fraction of sp³-hybridized carbons (Fsp3) is 0.222. The first-order valence-electron chi connectivity index (χ1n) is 11.6. The van der Waals surface area contributed by atoms with E-state index in [1.807, 2.05) is 20.8 Å². The van der Waals surface area contributed by atoms with Crippen LogP contribution in [0.3, 0.4) is 0 Å². The fourth-order valence-corrected chi connectivity index (χ4v) is 3.93. The number of hydrogen-bond acceptors (Lipinski definition) is 6. The van der Waals surface area contributed by atoms with Crippen LogP contribution in [0.2, 0.25) is 0 Å². The normalized spacial score (nSPS) is 12.0. The first kappa shape index (κ1) is 28.2. The topological polar surface area (TPSA) is 153 Å². The van der Waals surface area contributed by atoms with E-state index in [0.717, 1.165) is 12.3 Å². The Kier molecular flexibility index (Phi) is 8.74. The molecule has 0 bridgehead atoms. The van der Waals surface area contributed by atoms with Crippen LogP contribution in [-0.2, 0) is 0 Å². The number of benzene rings is 2. The smallest absolute Gasteiger partial charge is 0.279 e. The quantitative estimate of drug-likeness (QED) is 0.262. The van der Waals surface area contributed by atoms with Crippen molar-refractivity contribution in [2.75, 3.05) is 11.9 Å². The summed E-state index contributed by atoms with van der Waals surface area (Å²) in [6.07, 6.45) is 3.89. The maximum atomic E-state index is 15.0. The number of carbonyl (C=O) groups is 3. The first-order valence-corrected chi connectivity index (χ1v) is 12.5. The molecule has 0 unspecified atom stereocenters. The molecule has 6 N–H and O–H groups in total. The van der Waals surface area contributed by atoms with Crippen LogP contribution in [-0.4, -0.2) is 35.1 Å². The Morgan fingerprint density at radius 3 is 2.47 bits per heavy atom. The Bertz CT molecular complexity index is 1430. The molecule has 0 atom stereocenters. The molecule has 1 heterocycles. The number of nitrogens with zero attached hydrogens (tertiary/aromatic N) is 2. The maximum absolute atomic E-state index is 15.0. The Morgan fingerprint density at radius 1 is 1.11 bits per heavy atom. The minimum Gasteiger partial charge on any atom is -0.404 e. The fourth-order valence-electron chi connectivity index (χ4n) is 3.41. The van der Waals surface area contributed by atoms with Crippen LogP contribution >= 0.6 is 11.3 Å². The zero-order chi connectivity index (χ0) is 28.0. The standard InChI is InChI=1S/C27H29FN6O3S/c1-15-19(12-17(13-21(15)28)24(36)33-22(30)7-8-29)18-6-5-16(23(35)32-14-27(2,3)4)11-20(18)25(37)34-26-31-9-10-38-26/h5-13H,14,29H2,1-4H3,(H,32,35)(H2,30,33,36)(H,31,34,37)/b8-7-. The van der Waals surface area contributed by atoms with Gasteiger partial charge in [-0.2, -0.15) is 4.99 Å². The summed E-state index contributed by atoms with van der Waals surface area (Å²) < 4.78 is 15.0. The summed E-state index contributed by atoms with van der Waals surface area (Å²) in [4.78, 5) is 46.6. The summed E-state index contributed by atoms with van der Waals surface area (Å²) in [5.74, 6) is -2.51. The van der Waals surface area contributed by atoms with Crippen molar-refractivity contribution in [1.29, 1.82) is 0 Å². The van der Waals surface area contributed by atoms with Crippen molar-refractivity contribution in [2.24, 2.45) is 21.9 Å². The second-order valence-corrected chi connectivity index (χ2v) is 10.5. The number of anilines is 1. The van der Waals surface area contributed by atoms with Crippen molar-refractivity contribution in [3.63, 3.8) is 0 Å². The highest BCUT2D eigenvalue weighted by atomic mass is 32.1. The molecular formula is C27H29FN6O3S. The van der Waals surface area contributed by atoms with Gasteiger partial charge in [-0.05, 0) is 65.6 Å². The number of rotatable bonds is 7. The summed E-state index contributed by atoms with van der Waals surface area (Å²) in [5.41, 5.74) is 11.8. The summed E-state index contributed by atoms with van der Waals surface area (Å²) in [6, 6.07) is 7.01. The number of hydrogen-bond donors (Lipinski definition) is 4. The molecule has 3 amide bonds. The van der Waals surface area contributed by atoms with Gasteiger partial charge in [0.05, 0.1) is 0 Å². The van der Waals surface area contributed by atoms with E-state index in [9.17, 15) is 18.8 Å². The molecule has 0 radical (unpaired) electrons. The lowest BCUT2D eigenvalue weighted by atomic mass is 9.91. The Labute approximate surface area is 223 Å². The van der Waals surface area contributed by atoms with E-state index >= 15 is 0 Å². The van der Waals surface area contributed by atoms with Gasteiger partial charge in [0.2, 0.25) is 0 Å². The molecule has 0 spiro atoms. The first-order chi connectivity index (χ1) is 17.9. The molecule has 1 aromatic heterocycles. The Balaban J connectivity index is 2.12. The van der Waals surface area contributed by atoms with Crippen LogP contribution in [0.1, 0.15) is 57.4 Å². The third-order valence-corrected chi connectivity index (χ3v) is 6.03. The van der Waals surface area contributed by atoms with Crippen LogP contribution in [0.5, 0.6) is 0 Å². The van der Waals surface area contributed by atoms with Gasteiger partial charge in [-0.25, -0.2) is 9.37 Å². The molecule has 0 aliphatic heterocycles. The highest BCUT2D eigenvalue weighted by molar-refractivity contribution is 7.13. The van der Waals surface area contributed by atoms with Crippen LogP contribution in [0, 0.1) is 18.2 Å². The van der Waals surface area contributed by atoms with E-state index in [4.69, 9.17) is 11.5 Å². The van der Waals surface area contributed by atoms with E-state index in [-0.39, 0.29) is 45.0 Å². The van der Waals surface area contributed by atoms with Gasteiger partial charge >= 0.3 is 0 Å². The van der Waals surface area contributed by atoms with E-state index in [2.05, 4.69) is 20.6 Å². The third kappa shape index (κ3) is 7.10. The lowest BCUT2D eigenvalue weighted by molar-refractivity contribution is 0.0938. The van der Waals surface area contributed by atoms with Gasteiger partial charge < -0.3 is 16.8 Å². The largest absolute Gasteiger partial charge is 0.404 e. The minimum absolute atomic E-state index is 0.0743. The van der Waals surface area contributed by atoms with Crippen molar-refractivity contribution in [3.05, 3.63) is 82.3 Å². The highest BCUT2D eigenvalue weighted by Gasteiger charge is 2.22. The molecule has 11 heteroatoms. The van der Waals surface area contributed by atoms with Gasteiger partial charge in [-0.1, -0.05) is 26.8 Å². The molecule has 9 nitrogen and oxygen atoms in total. The third-order valence-electron chi connectivity index (χ3n) is 5.34. The van der Waals surface area contributed by atoms with Crippen molar-refractivity contribution in [2.45, 2.75) is 27.7 Å². The Morgan fingerprint density at radius 2 is 1.84 bits per heavy atom. The monoisotopic (exact) mass is 536 g/mol. The van der Waals surface area contributed by atoms with E-state index in [1.54, 1.807) is 17.5 Å².